The van der Waals surface area contributed by atoms with E-state index < -0.39 is 0 Å². The lowest BCUT2D eigenvalue weighted by Crippen LogP contribution is -2.11. The SMILES string of the molecule is COCc1ccc(C(=O)Nc2nc3c(OC)ncc(-c4cnn(C)c4)c3s2)cc1. The van der Waals surface area contributed by atoms with Crippen molar-refractivity contribution < 1.29 is 14.3 Å². The molecule has 0 aliphatic rings. The van der Waals surface area contributed by atoms with Crippen molar-refractivity contribution in [1.82, 2.24) is 19.7 Å². The quantitative estimate of drug-likeness (QED) is 0.524. The highest BCUT2D eigenvalue weighted by Crippen LogP contribution is 2.38. The van der Waals surface area contributed by atoms with Gasteiger partial charge in [-0.2, -0.15) is 5.10 Å². The fourth-order valence-electron chi connectivity index (χ4n) is 2.95. The third kappa shape index (κ3) is 3.82. The summed E-state index contributed by atoms with van der Waals surface area (Å²) in [5, 5.41) is 7.56. The van der Waals surface area contributed by atoms with Crippen LogP contribution in [0.4, 0.5) is 5.13 Å². The summed E-state index contributed by atoms with van der Waals surface area (Å²) in [6.45, 7) is 0.504. The molecule has 9 heteroatoms. The number of aryl methyl sites for hydroxylation is 1. The second-order valence-corrected chi connectivity index (χ2v) is 7.36. The average Bonchev–Trinajstić information content (AvgIpc) is 3.34. The normalized spacial score (nSPS) is 11.0. The molecule has 1 amide bonds. The van der Waals surface area contributed by atoms with Crippen LogP contribution in [-0.2, 0) is 18.4 Å². The summed E-state index contributed by atoms with van der Waals surface area (Å²) in [5.41, 5.74) is 3.95. The molecule has 8 nitrogen and oxygen atoms in total. The molecule has 0 radical (unpaired) electrons. The van der Waals surface area contributed by atoms with Gasteiger partial charge in [-0.1, -0.05) is 23.5 Å². The van der Waals surface area contributed by atoms with E-state index in [1.807, 2.05) is 25.4 Å². The van der Waals surface area contributed by atoms with Gasteiger partial charge in [-0.15, -0.1) is 0 Å². The summed E-state index contributed by atoms with van der Waals surface area (Å²) in [7, 11) is 5.04. The van der Waals surface area contributed by atoms with Crippen LogP contribution in [0.15, 0.2) is 42.9 Å². The van der Waals surface area contributed by atoms with E-state index >= 15 is 0 Å². The molecule has 0 saturated heterocycles. The first-order valence-corrected chi connectivity index (χ1v) is 9.62. The Morgan fingerprint density at radius 2 is 2.00 bits per heavy atom. The van der Waals surface area contributed by atoms with E-state index in [9.17, 15) is 4.79 Å². The van der Waals surface area contributed by atoms with Gasteiger partial charge in [-0.25, -0.2) is 9.97 Å². The first-order chi connectivity index (χ1) is 14.1. The summed E-state index contributed by atoms with van der Waals surface area (Å²) in [5.74, 6) is 0.177. The zero-order valence-electron chi connectivity index (χ0n) is 16.2. The Balaban J connectivity index is 1.66. The lowest BCUT2D eigenvalue weighted by molar-refractivity contribution is 0.102. The fourth-order valence-corrected chi connectivity index (χ4v) is 3.93. The molecule has 0 atom stereocenters. The minimum atomic E-state index is -0.233. The van der Waals surface area contributed by atoms with Gasteiger partial charge in [-0.3, -0.25) is 14.8 Å². The number of amides is 1. The van der Waals surface area contributed by atoms with Crippen molar-refractivity contribution in [3.8, 4) is 17.0 Å². The Morgan fingerprint density at radius 1 is 1.21 bits per heavy atom. The van der Waals surface area contributed by atoms with E-state index in [4.69, 9.17) is 9.47 Å². The smallest absolute Gasteiger partial charge is 0.257 e. The minimum absolute atomic E-state index is 0.233. The zero-order chi connectivity index (χ0) is 20.4. The second kappa shape index (κ2) is 7.98. The van der Waals surface area contributed by atoms with Gasteiger partial charge in [0.05, 0.1) is 24.6 Å². The average molecular weight is 409 g/mol. The highest BCUT2D eigenvalue weighted by atomic mass is 32.1. The van der Waals surface area contributed by atoms with Crippen molar-refractivity contribution in [1.29, 1.82) is 0 Å². The summed E-state index contributed by atoms with van der Waals surface area (Å²) in [6, 6.07) is 7.26. The Bertz CT molecular complexity index is 1170. The topological polar surface area (TPSA) is 91.2 Å². The number of thiazole rings is 1. The van der Waals surface area contributed by atoms with Gasteiger partial charge in [-0.05, 0) is 17.7 Å². The van der Waals surface area contributed by atoms with Crippen LogP contribution in [0.25, 0.3) is 21.3 Å². The summed E-state index contributed by atoms with van der Waals surface area (Å²) < 4.78 is 13.0. The fraction of sp³-hybridized carbons (Fsp3) is 0.200. The number of methoxy groups -OCH3 is 2. The predicted octanol–water partition coefficient (Wildman–Crippen LogP) is 3.50. The number of benzene rings is 1. The van der Waals surface area contributed by atoms with Crippen LogP contribution in [0.3, 0.4) is 0 Å². The number of fused-ring (bicyclic) bond motifs is 1. The van der Waals surface area contributed by atoms with Crippen LogP contribution in [-0.4, -0.2) is 39.9 Å². The second-order valence-electron chi connectivity index (χ2n) is 6.36. The number of nitrogens with zero attached hydrogens (tertiary/aromatic N) is 4. The maximum Gasteiger partial charge on any atom is 0.257 e. The van der Waals surface area contributed by atoms with Crippen LogP contribution in [0.1, 0.15) is 15.9 Å². The highest BCUT2D eigenvalue weighted by Gasteiger charge is 2.18. The molecule has 0 fully saturated rings. The Labute approximate surface area is 171 Å². The monoisotopic (exact) mass is 409 g/mol. The lowest BCUT2D eigenvalue weighted by atomic mass is 10.1. The number of anilines is 1. The molecule has 4 aromatic rings. The molecule has 0 saturated carbocycles. The molecule has 3 aromatic heterocycles. The number of ether oxygens (including phenoxy) is 2. The molecule has 1 aromatic carbocycles. The summed E-state index contributed by atoms with van der Waals surface area (Å²) >= 11 is 1.37. The largest absolute Gasteiger partial charge is 0.479 e. The molecule has 148 valence electrons. The number of carbonyl (C=O) groups is 1. The molecule has 4 rings (SSSR count). The number of rotatable bonds is 6. The van der Waals surface area contributed by atoms with Gasteiger partial charge in [0.2, 0.25) is 5.88 Å². The van der Waals surface area contributed by atoms with E-state index in [1.54, 1.807) is 43.4 Å². The van der Waals surface area contributed by atoms with Crippen molar-refractivity contribution in [2.24, 2.45) is 7.05 Å². The van der Waals surface area contributed by atoms with E-state index in [0.29, 0.717) is 28.7 Å². The number of pyridine rings is 1. The number of hydrogen-bond acceptors (Lipinski definition) is 7. The van der Waals surface area contributed by atoms with Gasteiger partial charge in [0.1, 0.15) is 5.52 Å². The number of nitrogens with one attached hydrogen (secondary N) is 1. The maximum atomic E-state index is 12.6. The molecule has 29 heavy (non-hydrogen) atoms. The number of carbonyl (C=O) groups excluding carboxylic acids is 1. The summed E-state index contributed by atoms with van der Waals surface area (Å²) in [4.78, 5) is 21.5. The molecule has 0 bridgehead atoms. The van der Waals surface area contributed by atoms with Crippen molar-refractivity contribution >= 4 is 32.6 Å². The molecule has 0 aliphatic carbocycles. The minimum Gasteiger partial charge on any atom is -0.479 e. The van der Waals surface area contributed by atoms with Crippen LogP contribution < -0.4 is 10.1 Å². The zero-order valence-corrected chi connectivity index (χ0v) is 17.0. The van der Waals surface area contributed by atoms with Crippen LogP contribution in [0, 0.1) is 0 Å². The molecule has 0 unspecified atom stereocenters. The van der Waals surface area contributed by atoms with Crippen molar-refractivity contribution in [2.45, 2.75) is 6.61 Å². The Hall–Kier alpha value is -3.30. The highest BCUT2D eigenvalue weighted by molar-refractivity contribution is 7.23. The third-order valence-electron chi connectivity index (χ3n) is 4.34. The van der Waals surface area contributed by atoms with Crippen molar-refractivity contribution in [3.63, 3.8) is 0 Å². The number of hydrogen-bond donors (Lipinski definition) is 1. The molecule has 0 spiro atoms. The van der Waals surface area contributed by atoms with Crippen molar-refractivity contribution in [3.05, 3.63) is 54.0 Å². The van der Waals surface area contributed by atoms with E-state index in [2.05, 4.69) is 20.4 Å². The standard InChI is InChI=1S/C20H19N5O3S/c1-25-10-14(8-22-25)15-9-21-19(28-3)16-17(15)29-20(23-16)24-18(26)13-6-4-12(5-7-13)11-27-2/h4-10H,11H2,1-3H3,(H,23,24,26). The van der Waals surface area contributed by atoms with Crippen molar-refractivity contribution in [2.75, 3.05) is 19.5 Å². The maximum absolute atomic E-state index is 12.6. The Kier molecular flexibility index (Phi) is 5.24. The predicted molar refractivity (Wildman–Crippen MR) is 111 cm³/mol. The van der Waals surface area contributed by atoms with Gasteiger partial charge >= 0.3 is 0 Å². The molecular formula is C20H19N5O3S. The molecular weight excluding hydrogens is 390 g/mol. The van der Waals surface area contributed by atoms with E-state index in [-0.39, 0.29) is 5.91 Å². The molecule has 1 N–H and O–H groups in total. The van der Waals surface area contributed by atoms with Gasteiger partial charge in [0.25, 0.3) is 5.91 Å². The van der Waals surface area contributed by atoms with E-state index in [1.165, 1.54) is 11.3 Å². The van der Waals surface area contributed by atoms with Crippen LogP contribution in [0.5, 0.6) is 5.88 Å². The van der Waals surface area contributed by atoms with Gasteiger partial charge in [0.15, 0.2) is 5.13 Å². The Morgan fingerprint density at radius 3 is 2.66 bits per heavy atom. The molecule has 0 aliphatic heterocycles. The summed E-state index contributed by atoms with van der Waals surface area (Å²) in [6.07, 6.45) is 5.40. The van der Waals surface area contributed by atoms with Crippen LogP contribution in [0.2, 0.25) is 0 Å². The van der Waals surface area contributed by atoms with E-state index in [0.717, 1.165) is 21.4 Å². The molecule has 3 heterocycles. The van der Waals surface area contributed by atoms with Gasteiger partial charge < -0.3 is 9.47 Å². The number of aromatic nitrogens is 4. The van der Waals surface area contributed by atoms with Gasteiger partial charge in [0, 0.05) is 43.2 Å². The lowest BCUT2D eigenvalue weighted by Gasteiger charge is -2.03. The first kappa shape index (κ1) is 19.0. The first-order valence-electron chi connectivity index (χ1n) is 8.81. The third-order valence-corrected chi connectivity index (χ3v) is 5.35. The van der Waals surface area contributed by atoms with Crippen LogP contribution >= 0.6 is 11.3 Å².